The van der Waals surface area contributed by atoms with Crippen LogP contribution in [0, 0.1) is 0 Å². The summed E-state index contributed by atoms with van der Waals surface area (Å²) < 4.78 is 10.1. The monoisotopic (exact) mass is 244 g/mol. The SMILES string of the molecule is COC(=O)C(CN1CCOC(C)C1)NC(C)=O. The van der Waals surface area contributed by atoms with E-state index in [2.05, 4.69) is 15.0 Å². The van der Waals surface area contributed by atoms with Crippen molar-refractivity contribution >= 4 is 11.9 Å². The van der Waals surface area contributed by atoms with E-state index in [-0.39, 0.29) is 12.0 Å². The molecule has 1 rings (SSSR count). The highest BCUT2D eigenvalue weighted by Crippen LogP contribution is 2.05. The third-order valence-corrected chi connectivity index (χ3v) is 2.63. The van der Waals surface area contributed by atoms with Gasteiger partial charge in [0.1, 0.15) is 6.04 Å². The van der Waals surface area contributed by atoms with Crippen molar-refractivity contribution in [2.24, 2.45) is 0 Å². The van der Waals surface area contributed by atoms with Crippen LogP contribution in [0.1, 0.15) is 13.8 Å². The fourth-order valence-electron chi connectivity index (χ4n) is 1.88. The number of hydrogen-bond acceptors (Lipinski definition) is 5. The molecule has 17 heavy (non-hydrogen) atoms. The van der Waals surface area contributed by atoms with Gasteiger partial charge in [0.25, 0.3) is 0 Å². The summed E-state index contributed by atoms with van der Waals surface area (Å²) in [7, 11) is 1.32. The Balaban J connectivity index is 2.52. The Bertz CT molecular complexity index is 283. The van der Waals surface area contributed by atoms with E-state index in [4.69, 9.17) is 4.74 Å². The highest BCUT2D eigenvalue weighted by molar-refractivity contribution is 5.83. The largest absolute Gasteiger partial charge is 0.467 e. The molecule has 0 saturated carbocycles. The highest BCUT2D eigenvalue weighted by atomic mass is 16.5. The molecule has 6 heteroatoms. The van der Waals surface area contributed by atoms with Gasteiger partial charge in [0.15, 0.2) is 0 Å². The molecule has 1 saturated heterocycles. The minimum absolute atomic E-state index is 0.152. The number of carbonyl (C=O) groups excluding carboxylic acids is 2. The molecule has 1 amide bonds. The molecule has 6 nitrogen and oxygen atoms in total. The van der Waals surface area contributed by atoms with Gasteiger partial charge < -0.3 is 14.8 Å². The Labute approximate surface area is 101 Å². The van der Waals surface area contributed by atoms with Crippen LogP contribution in [0.2, 0.25) is 0 Å². The molecule has 2 unspecified atom stereocenters. The Morgan fingerprint density at radius 2 is 2.29 bits per heavy atom. The van der Waals surface area contributed by atoms with E-state index in [1.54, 1.807) is 0 Å². The van der Waals surface area contributed by atoms with Crippen LogP contribution < -0.4 is 5.32 Å². The second-order valence-electron chi connectivity index (χ2n) is 4.22. The highest BCUT2D eigenvalue weighted by Gasteiger charge is 2.25. The normalized spacial score (nSPS) is 22.9. The summed E-state index contributed by atoms with van der Waals surface area (Å²) in [6, 6.07) is -0.609. The summed E-state index contributed by atoms with van der Waals surface area (Å²) in [5, 5.41) is 2.60. The molecule has 1 heterocycles. The second-order valence-corrected chi connectivity index (χ2v) is 4.22. The number of morpholine rings is 1. The first-order chi connectivity index (χ1) is 8.02. The van der Waals surface area contributed by atoms with Crippen molar-refractivity contribution in [1.82, 2.24) is 10.2 Å². The van der Waals surface area contributed by atoms with Crippen molar-refractivity contribution in [3.8, 4) is 0 Å². The molecule has 98 valence electrons. The minimum atomic E-state index is -0.609. The van der Waals surface area contributed by atoms with Gasteiger partial charge in [-0.05, 0) is 6.92 Å². The summed E-state index contributed by atoms with van der Waals surface area (Å²) in [4.78, 5) is 24.6. The van der Waals surface area contributed by atoms with Crippen molar-refractivity contribution in [3.63, 3.8) is 0 Å². The van der Waals surface area contributed by atoms with Gasteiger partial charge in [0, 0.05) is 26.6 Å². The molecular formula is C11H20N2O4. The Morgan fingerprint density at radius 3 is 2.82 bits per heavy atom. The van der Waals surface area contributed by atoms with Crippen molar-refractivity contribution in [1.29, 1.82) is 0 Å². The molecule has 0 aromatic heterocycles. The van der Waals surface area contributed by atoms with Crippen molar-refractivity contribution in [3.05, 3.63) is 0 Å². The van der Waals surface area contributed by atoms with Crippen LogP contribution in [0.3, 0.4) is 0 Å². The predicted molar refractivity (Wildman–Crippen MR) is 61.5 cm³/mol. The topological polar surface area (TPSA) is 67.9 Å². The molecule has 0 spiro atoms. The first-order valence-corrected chi connectivity index (χ1v) is 5.71. The van der Waals surface area contributed by atoms with Gasteiger partial charge in [-0.15, -0.1) is 0 Å². The van der Waals surface area contributed by atoms with Crippen molar-refractivity contribution in [2.45, 2.75) is 26.0 Å². The number of ether oxygens (including phenoxy) is 2. The number of hydrogen-bond donors (Lipinski definition) is 1. The van der Waals surface area contributed by atoms with Gasteiger partial charge in [-0.25, -0.2) is 4.79 Å². The molecule has 0 aliphatic carbocycles. The van der Waals surface area contributed by atoms with Crippen molar-refractivity contribution in [2.75, 3.05) is 33.4 Å². The Hall–Kier alpha value is -1.14. The quantitative estimate of drug-likeness (QED) is 0.668. The zero-order chi connectivity index (χ0) is 12.8. The van der Waals surface area contributed by atoms with E-state index >= 15 is 0 Å². The van der Waals surface area contributed by atoms with Gasteiger partial charge in [-0.1, -0.05) is 0 Å². The zero-order valence-electron chi connectivity index (χ0n) is 10.6. The van der Waals surface area contributed by atoms with E-state index in [9.17, 15) is 9.59 Å². The number of carbonyl (C=O) groups is 2. The van der Waals surface area contributed by atoms with Crippen LogP contribution in [0.4, 0.5) is 0 Å². The van der Waals surface area contributed by atoms with E-state index in [1.807, 2.05) is 6.92 Å². The van der Waals surface area contributed by atoms with Crippen LogP contribution >= 0.6 is 0 Å². The minimum Gasteiger partial charge on any atom is -0.467 e. The predicted octanol–water partition coefficient (Wildman–Crippen LogP) is -0.615. The number of amides is 1. The maximum absolute atomic E-state index is 11.5. The van der Waals surface area contributed by atoms with E-state index in [0.717, 1.165) is 13.1 Å². The lowest BCUT2D eigenvalue weighted by Crippen LogP contribution is -2.52. The molecule has 0 radical (unpaired) electrons. The van der Waals surface area contributed by atoms with Gasteiger partial charge >= 0.3 is 5.97 Å². The first kappa shape index (κ1) is 13.9. The number of methoxy groups -OCH3 is 1. The van der Waals surface area contributed by atoms with Crippen LogP contribution in [-0.2, 0) is 19.1 Å². The molecular weight excluding hydrogens is 224 g/mol. The van der Waals surface area contributed by atoms with Crippen LogP contribution in [0.25, 0.3) is 0 Å². The third kappa shape index (κ3) is 4.70. The smallest absolute Gasteiger partial charge is 0.329 e. The van der Waals surface area contributed by atoms with Gasteiger partial charge in [-0.3, -0.25) is 9.69 Å². The molecule has 1 aliphatic rings. The average molecular weight is 244 g/mol. The Morgan fingerprint density at radius 1 is 1.59 bits per heavy atom. The average Bonchev–Trinajstić information content (AvgIpc) is 2.26. The number of nitrogens with zero attached hydrogens (tertiary/aromatic N) is 1. The van der Waals surface area contributed by atoms with Crippen LogP contribution in [0.15, 0.2) is 0 Å². The maximum Gasteiger partial charge on any atom is 0.329 e. The van der Waals surface area contributed by atoms with Gasteiger partial charge in [0.05, 0.1) is 19.8 Å². The van der Waals surface area contributed by atoms with E-state index in [1.165, 1.54) is 14.0 Å². The Kier molecular flexibility index (Phi) is 5.37. The fraction of sp³-hybridized carbons (Fsp3) is 0.818. The molecule has 0 aromatic carbocycles. The lowest BCUT2D eigenvalue weighted by Gasteiger charge is -2.33. The summed E-state index contributed by atoms with van der Waals surface area (Å²) in [6.07, 6.45) is 0.152. The van der Waals surface area contributed by atoms with E-state index in [0.29, 0.717) is 13.2 Å². The van der Waals surface area contributed by atoms with Gasteiger partial charge in [-0.2, -0.15) is 0 Å². The molecule has 2 atom stereocenters. The maximum atomic E-state index is 11.5. The van der Waals surface area contributed by atoms with E-state index < -0.39 is 12.0 Å². The molecule has 1 N–H and O–H groups in total. The molecule has 0 bridgehead atoms. The van der Waals surface area contributed by atoms with Crippen LogP contribution in [-0.4, -0.2) is 62.3 Å². The van der Waals surface area contributed by atoms with Crippen molar-refractivity contribution < 1.29 is 19.1 Å². The summed E-state index contributed by atoms with van der Waals surface area (Å²) in [6.45, 7) is 6.00. The summed E-state index contributed by atoms with van der Waals surface area (Å²) >= 11 is 0. The number of esters is 1. The fourth-order valence-corrected chi connectivity index (χ4v) is 1.88. The van der Waals surface area contributed by atoms with Crippen LogP contribution in [0.5, 0.6) is 0 Å². The zero-order valence-corrected chi connectivity index (χ0v) is 10.6. The standard InChI is InChI=1S/C11H20N2O4/c1-8-6-13(4-5-17-8)7-10(11(15)16-3)12-9(2)14/h8,10H,4-7H2,1-3H3,(H,12,14). The first-order valence-electron chi connectivity index (χ1n) is 5.71. The number of rotatable bonds is 4. The third-order valence-electron chi connectivity index (χ3n) is 2.63. The molecule has 0 aromatic rings. The molecule has 1 aliphatic heterocycles. The second kappa shape index (κ2) is 6.56. The molecule has 1 fully saturated rings. The summed E-state index contributed by atoms with van der Waals surface area (Å²) in [5.74, 6) is -0.652. The number of nitrogens with one attached hydrogen (secondary N) is 1. The van der Waals surface area contributed by atoms with Gasteiger partial charge in [0.2, 0.25) is 5.91 Å². The summed E-state index contributed by atoms with van der Waals surface area (Å²) in [5.41, 5.74) is 0. The lowest BCUT2D eigenvalue weighted by atomic mass is 10.2. The lowest BCUT2D eigenvalue weighted by molar-refractivity contribution is -0.146.